The van der Waals surface area contributed by atoms with Gasteiger partial charge in [0.2, 0.25) is 0 Å². The molecule has 2 rings (SSSR count). The lowest BCUT2D eigenvalue weighted by Crippen LogP contribution is -2.44. The molecule has 0 aliphatic carbocycles. The van der Waals surface area contributed by atoms with Gasteiger partial charge in [0, 0.05) is 36.8 Å². The van der Waals surface area contributed by atoms with E-state index in [1.54, 1.807) is 7.11 Å². The smallest absolute Gasteiger partial charge is 0.0951 e. The van der Waals surface area contributed by atoms with Gasteiger partial charge in [-0.1, -0.05) is 29.8 Å². The van der Waals surface area contributed by atoms with E-state index in [2.05, 4.69) is 5.32 Å². The summed E-state index contributed by atoms with van der Waals surface area (Å²) < 4.78 is 5.11. The highest BCUT2D eigenvalue weighted by molar-refractivity contribution is 6.31. The van der Waals surface area contributed by atoms with Crippen LogP contribution in [0.2, 0.25) is 5.02 Å². The molecule has 0 saturated carbocycles. The molecule has 1 aliphatic heterocycles. The van der Waals surface area contributed by atoms with E-state index in [-0.39, 0.29) is 5.92 Å². The van der Waals surface area contributed by atoms with Crippen molar-refractivity contribution in [3.63, 3.8) is 0 Å². The van der Waals surface area contributed by atoms with Crippen LogP contribution in [0.3, 0.4) is 0 Å². The van der Waals surface area contributed by atoms with Gasteiger partial charge < -0.3 is 15.2 Å². The Bertz CT molecular complexity index is 435. The van der Waals surface area contributed by atoms with Gasteiger partial charge in [-0.3, -0.25) is 0 Å². The van der Waals surface area contributed by atoms with Gasteiger partial charge in [0.15, 0.2) is 0 Å². The molecule has 1 unspecified atom stereocenters. The van der Waals surface area contributed by atoms with Crippen molar-refractivity contribution < 1.29 is 9.84 Å². The van der Waals surface area contributed by atoms with E-state index in [0.29, 0.717) is 5.02 Å². The molecule has 1 aliphatic rings. The zero-order valence-electron chi connectivity index (χ0n) is 12.8. The number of benzene rings is 1. The van der Waals surface area contributed by atoms with Crippen molar-refractivity contribution in [3.05, 3.63) is 34.9 Å². The summed E-state index contributed by atoms with van der Waals surface area (Å²) in [6.07, 6.45) is 4.77. The fourth-order valence-corrected chi connectivity index (χ4v) is 3.57. The summed E-state index contributed by atoms with van der Waals surface area (Å²) in [6, 6.07) is 7.70. The van der Waals surface area contributed by atoms with Crippen LogP contribution in [0, 0.1) is 5.92 Å². The second-order valence-electron chi connectivity index (χ2n) is 5.90. The molecule has 2 N–H and O–H groups in total. The Morgan fingerprint density at radius 1 is 1.38 bits per heavy atom. The van der Waals surface area contributed by atoms with Gasteiger partial charge in [0.1, 0.15) is 0 Å². The summed E-state index contributed by atoms with van der Waals surface area (Å²) in [5.41, 5.74) is 0.0252. The SMILES string of the molecule is COCCCC[C@@](O)(c1ccccc1Cl)C1CCCNC1. The quantitative estimate of drug-likeness (QED) is 0.759. The largest absolute Gasteiger partial charge is 0.385 e. The molecule has 21 heavy (non-hydrogen) atoms. The molecule has 3 nitrogen and oxygen atoms in total. The van der Waals surface area contributed by atoms with Crippen molar-refractivity contribution >= 4 is 11.6 Å². The minimum absolute atomic E-state index is 0.216. The summed E-state index contributed by atoms with van der Waals surface area (Å²) in [4.78, 5) is 0. The Hall–Kier alpha value is -0.610. The van der Waals surface area contributed by atoms with Crippen LogP contribution in [0.15, 0.2) is 24.3 Å². The van der Waals surface area contributed by atoms with Crippen molar-refractivity contribution in [2.24, 2.45) is 5.92 Å². The number of hydrogen-bond acceptors (Lipinski definition) is 3. The number of aliphatic hydroxyl groups is 1. The van der Waals surface area contributed by atoms with Crippen molar-refractivity contribution in [3.8, 4) is 0 Å². The second-order valence-corrected chi connectivity index (χ2v) is 6.30. The molecule has 0 bridgehead atoms. The highest BCUT2D eigenvalue weighted by Crippen LogP contribution is 2.41. The maximum Gasteiger partial charge on any atom is 0.0951 e. The fraction of sp³-hybridized carbons (Fsp3) is 0.647. The van der Waals surface area contributed by atoms with Gasteiger partial charge in [0.25, 0.3) is 0 Å². The molecule has 118 valence electrons. The van der Waals surface area contributed by atoms with Crippen molar-refractivity contribution in [2.75, 3.05) is 26.8 Å². The number of hydrogen-bond donors (Lipinski definition) is 2. The third kappa shape index (κ3) is 4.19. The average molecular weight is 312 g/mol. The molecule has 0 aromatic heterocycles. The van der Waals surface area contributed by atoms with Crippen molar-refractivity contribution in [2.45, 2.75) is 37.7 Å². The molecule has 0 spiro atoms. The van der Waals surface area contributed by atoms with Gasteiger partial charge >= 0.3 is 0 Å². The lowest BCUT2D eigenvalue weighted by molar-refractivity contribution is -0.0433. The molecule has 1 aromatic rings. The Labute approximate surface area is 132 Å². The summed E-state index contributed by atoms with van der Waals surface area (Å²) >= 11 is 6.36. The maximum absolute atomic E-state index is 11.4. The minimum Gasteiger partial charge on any atom is -0.385 e. The average Bonchev–Trinajstić information content (AvgIpc) is 2.53. The standard InChI is InChI=1S/C17H26ClNO2/c1-21-12-5-4-10-17(20,14-7-6-11-19-13-14)15-8-2-3-9-16(15)18/h2-3,8-9,14,19-20H,4-7,10-13H2,1H3/t14?,17-/m0/s1. The third-order valence-electron chi connectivity index (χ3n) is 4.47. The monoisotopic (exact) mass is 311 g/mol. The maximum atomic E-state index is 11.4. The van der Waals surface area contributed by atoms with E-state index >= 15 is 0 Å². The van der Waals surface area contributed by atoms with Gasteiger partial charge in [0.05, 0.1) is 5.60 Å². The Balaban J connectivity index is 2.18. The topological polar surface area (TPSA) is 41.5 Å². The zero-order chi connectivity index (χ0) is 15.1. The van der Waals surface area contributed by atoms with E-state index in [1.165, 1.54) is 0 Å². The number of rotatable bonds is 7. The first kappa shape index (κ1) is 16.8. The molecular formula is C17H26ClNO2. The first-order valence-electron chi connectivity index (χ1n) is 7.85. The van der Waals surface area contributed by atoms with E-state index < -0.39 is 5.60 Å². The van der Waals surface area contributed by atoms with Gasteiger partial charge in [-0.2, -0.15) is 0 Å². The van der Waals surface area contributed by atoms with Crippen molar-refractivity contribution in [1.82, 2.24) is 5.32 Å². The van der Waals surface area contributed by atoms with Crippen molar-refractivity contribution in [1.29, 1.82) is 0 Å². The summed E-state index contributed by atoms with van der Waals surface area (Å²) in [7, 11) is 1.71. The third-order valence-corrected chi connectivity index (χ3v) is 4.80. The summed E-state index contributed by atoms with van der Waals surface area (Å²) in [5, 5.41) is 15.5. The lowest BCUT2D eigenvalue weighted by atomic mass is 9.74. The predicted molar refractivity (Wildman–Crippen MR) is 86.7 cm³/mol. The zero-order valence-corrected chi connectivity index (χ0v) is 13.5. The molecule has 4 heteroatoms. The highest BCUT2D eigenvalue weighted by Gasteiger charge is 2.39. The first-order chi connectivity index (χ1) is 10.2. The Kier molecular flexibility index (Phi) is 6.49. The van der Waals surface area contributed by atoms with Gasteiger partial charge in [-0.15, -0.1) is 0 Å². The van der Waals surface area contributed by atoms with E-state index in [1.807, 2.05) is 24.3 Å². The fourth-order valence-electron chi connectivity index (χ4n) is 3.27. The van der Waals surface area contributed by atoms with Crippen LogP contribution in [-0.2, 0) is 10.3 Å². The second kappa shape index (κ2) is 8.14. The van der Waals surface area contributed by atoms with Crippen LogP contribution in [0.1, 0.15) is 37.7 Å². The lowest BCUT2D eigenvalue weighted by Gasteiger charge is -2.40. The van der Waals surface area contributed by atoms with E-state index in [4.69, 9.17) is 16.3 Å². The normalized spacial score (nSPS) is 22.0. The number of halogens is 1. The van der Waals surface area contributed by atoms with E-state index in [0.717, 1.165) is 57.4 Å². The van der Waals surface area contributed by atoms with Gasteiger partial charge in [-0.05, 0) is 44.7 Å². The first-order valence-corrected chi connectivity index (χ1v) is 8.23. The Morgan fingerprint density at radius 3 is 2.86 bits per heavy atom. The van der Waals surface area contributed by atoms with E-state index in [9.17, 15) is 5.11 Å². The molecule has 1 heterocycles. The van der Waals surface area contributed by atoms with Crippen LogP contribution in [0.5, 0.6) is 0 Å². The molecule has 2 atom stereocenters. The van der Waals surface area contributed by atoms with Crippen LogP contribution >= 0.6 is 11.6 Å². The number of ether oxygens (including phenoxy) is 1. The Morgan fingerprint density at radius 2 is 2.19 bits per heavy atom. The number of nitrogens with one attached hydrogen (secondary N) is 1. The minimum atomic E-state index is -0.848. The molecular weight excluding hydrogens is 286 g/mol. The predicted octanol–water partition coefficient (Wildman–Crippen LogP) is 3.34. The molecule has 0 radical (unpaired) electrons. The summed E-state index contributed by atoms with van der Waals surface area (Å²) in [6.45, 7) is 2.63. The van der Waals surface area contributed by atoms with Crippen LogP contribution in [0.25, 0.3) is 0 Å². The van der Waals surface area contributed by atoms with Crippen LogP contribution in [0.4, 0.5) is 0 Å². The number of methoxy groups -OCH3 is 1. The summed E-state index contributed by atoms with van der Waals surface area (Å²) in [5.74, 6) is 0.216. The highest BCUT2D eigenvalue weighted by atomic mass is 35.5. The molecule has 1 saturated heterocycles. The van der Waals surface area contributed by atoms with Crippen LogP contribution < -0.4 is 5.32 Å². The molecule has 1 fully saturated rings. The molecule has 0 amide bonds. The number of piperidine rings is 1. The van der Waals surface area contributed by atoms with Crippen LogP contribution in [-0.4, -0.2) is 31.9 Å². The number of unbranched alkanes of at least 4 members (excludes halogenated alkanes) is 1. The molecule has 1 aromatic carbocycles. The van der Waals surface area contributed by atoms with Gasteiger partial charge in [-0.25, -0.2) is 0 Å².